The van der Waals surface area contributed by atoms with Crippen molar-refractivity contribution in [1.82, 2.24) is 5.32 Å². The summed E-state index contributed by atoms with van der Waals surface area (Å²) in [6.45, 7) is 1.60. The largest absolute Gasteiger partial charge is 0.467 e. The van der Waals surface area contributed by atoms with Crippen LogP contribution >= 0.6 is 0 Å². The number of fused-ring (bicyclic) bond motifs is 1. The van der Waals surface area contributed by atoms with E-state index >= 15 is 0 Å². The number of rotatable bonds is 5. The van der Waals surface area contributed by atoms with Crippen molar-refractivity contribution in [3.05, 3.63) is 48.0 Å². The highest BCUT2D eigenvalue weighted by Crippen LogP contribution is 2.17. The van der Waals surface area contributed by atoms with Gasteiger partial charge < -0.3 is 14.8 Å². The van der Waals surface area contributed by atoms with E-state index in [-0.39, 0.29) is 12.5 Å². The van der Waals surface area contributed by atoms with Gasteiger partial charge in [0.1, 0.15) is 0 Å². The van der Waals surface area contributed by atoms with E-state index < -0.39 is 11.5 Å². The van der Waals surface area contributed by atoms with Gasteiger partial charge in [0.05, 0.1) is 13.7 Å². The summed E-state index contributed by atoms with van der Waals surface area (Å²) in [6, 6.07) is 13.1. The van der Waals surface area contributed by atoms with Crippen LogP contribution in [-0.4, -0.2) is 38.2 Å². The highest BCUT2D eigenvalue weighted by molar-refractivity contribution is 6.01. The third-order valence-corrected chi connectivity index (χ3v) is 3.47. The molecule has 1 atom stereocenters. The van der Waals surface area contributed by atoms with Crippen molar-refractivity contribution in [2.75, 3.05) is 20.8 Å². The molecule has 0 aliphatic heterocycles. The van der Waals surface area contributed by atoms with Crippen molar-refractivity contribution in [3.63, 3.8) is 0 Å². The maximum Gasteiger partial charge on any atom is 0.333 e. The van der Waals surface area contributed by atoms with Crippen LogP contribution in [0.2, 0.25) is 0 Å². The van der Waals surface area contributed by atoms with Gasteiger partial charge in [-0.3, -0.25) is 4.79 Å². The maximum absolute atomic E-state index is 12.4. The zero-order chi connectivity index (χ0) is 16.2. The molecule has 0 fully saturated rings. The lowest BCUT2D eigenvalue weighted by molar-refractivity contribution is -0.149. The van der Waals surface area contributed by atoms with Gasteiger partial charge in [0, 0.05) is 12.7 Å². The molecule has 0 saturated heterocycles. The molecular formula is C17H19NO4. The Morgan fingerprint density at radius 1 is 1.09 bits per heavy atom. The molecule has 22 heavy (non-hydrogen) atoms. The Morgan fingerprint density at radius 3 is 2.41 bits per heavy atom. The van der Waals surface area contributed by atoms with Gasteiger partial charge in [-0.1, -0.05) is 30.3 Å². The molecule has 0 spiro atoms. The van der Waals surface area contributed by atoms with E-state index in [1.807, 2.05) is 30.3 Å². The van der Waals surface area contributed by atoms with Crippen LogP contribution in [0.25, 0.3) is 10.8 Å². The molecular weight excluding hydrogens is 282 g/mol. The van der Waals surface area contributed by atoms with Crippen LogP contribution in [0, 0.1) is 0 Å². The number of nitrogens with one attached hydrogen (secondary N) is 1. The number of benzene rings is 2. The van der Waals surface area contributed by atoms with Gasteiger partial charge in [0.15, 0.2) is 5.54 Å². The number of amides is 1. The summed E-state index contributed by atoms with van der Waals surface area (Å²) in [5.74, 6) is -0.904. The number of hydrogen-bond acceptors (Lipinski definition) is 4. The van der Waals surface area contributed by atoms with Crippen LogP contribution in [-0.2, 0) is 14.3 Å². The lowest BCUT2D eigenvalue weighted by atomic mass is 10.0. The maximum atomic E-state index is 12.4. The molecule has 0 unspecified atom stereocenters. The van der Waals surface area contributed by atoms with Crippen LogP contribution in [0.5, 0.6) is 0 Å². The van der Waals surface area contributed by atoms with Gasteiger partial charge in [-0.2, -0.15) is 0 Å². The fourth-order valence-corrected chi connectivity index (χ4v) is 2.31. The first-order chi connectivity index (χ1) is 10.5. The third-order valence-electron chi connectivity index (χ3n) is 3.47. The summed E-state index contributed by atoms with van der Waals surface area (Å²) >= 11 is 0. The Labute approximate surface area is 129 Å². The molecule has 0 saturated carbocycles. The monoisotopic (exact) mass is 301 g/mol. The minimum Gasteiger partial charge on any atom is -0.467 e. The SMILES string of the molecule is COC[C@](C)(NC(=O)c1ccc2ccccc2c1)C(=O)OC. The van der Waals surface area contributed by atoms with E-state index in [4.69, 9.17) is 9.47 Å². The molecule has 0 aromatic heterocycles. The van der Waals surface area contributed by atoms with Crippen molar-refractivity contribution >= 4 is 22.6 Å². The second-order valence-corrected chi connectivity index (χ2v) is 5.27. The molecule has 5 heteroatoms. The Hall–Kier alpha value is -2.40. The highest BCUT2D eigenvalue weighted by Gasteiger charge is 2.36. The minimum absolute atomic E-state index is 0.0268. The third kappa shape index (κ3) is 3.26. The molecule has 116 valence electrons. The normalized spacial score (nSPS) is 13.4. The van der Waals surface area contributed by atoms with Crippen LogP contribution in [0.15, 0.2) is 42.5 Å². The number of methoxy groups -OCH3 is 2. The van der Waals surface area contributed by atoms with Crippen LogP contribution in [0.1, 0.15) is 17.3 Å². The lowest BCUT2D eigenvalue weighted by Crippen LogP contribution is -2.55. The predicted molar refractivity (Wildman–Crippen MR) is 83.7 cm³/mol. The second kappa shape index (κ2) is 6.58. The zero-order valence-corrected chi connectivity index (χ0v) is 12.9. The molecule has 1 N–H and O–H groups in total. The number of hydrogen-bond donors (Lipinski definition) is 1. The van der Waals surface area contributed by atoms with Gasteiger partial charge >= 0.3 is 5.97 Å². The molecule has 0 aliphatic rings. The van der Waals surface area contributed by atoms with Crippen LogP contribution in [0.3, 0.4) is 0 Å². The van der Waals surface area contributed by atoms with Crippen molar-refractivity contribution in [2.24, 2.45) is 0 Å². The Bertz CT molecular complexity index is 698. The highest BCUT2D eigenvalue weighted by atomic mass is 16.5. The second-order valence-electron chi connectivity index (χ2n) is 5.27. The molecule has 0 bridgehead atoms. The Balaban J connectivity index is 2.26. The Morgan fingerprint density at radius 2 is 1.77 bits per heavy atom. The summed E-state index contributed by atoms with van der Waals surface area (Å²) in [4.78, 5) is 24.3. The fourth-order valence-electron chi connectivity index (χ4n) is 2.31. The molecule has 2 rings (SSSR count). The summed E-state index contributed by atoms with van der Waals surface area (Å²) in [5, 5.41) is 4.70. The van der Waals surface area contributed by atoms with E-state index in [1.165, 1.54) is 14.2 Å². The molecule has 5 nitrogen and oxygen atoms in total. The average molecular weight is 301 g/mol. The summed E-state index contributed by atoms with van der Waals surface area (Å²) < 4.78 is 9.76. The first-order valence-corrected chi connectivity index (χ1v) is 6.89. The van der Waals surface area contributed by atoms with Crippen LogP contribution < -0.4 is 5.32 Å². The Kier molecular flexibility index (Phi) is 4.78. The minimum atomic E-state index is -1.23. The van der Waals surface area contributed by atoms with E-state index in [0.29, 0.717) is 5.56 Å². The number of carbonyl (C=O) groups excluding carboxylic acids is 2. The van der Waals surface area contributed by atoms with Gasteiger partial charge in [0.25, 0.3) is 5.91 Å². The van der Waals surface area contributed by atoms with E-state index in [9.17, 15) is 9.59 Å². The number of carbonyl (C=O) groups is 2. The van der Waals surface area contributed by atoms with Crippen molar-refractivity contribution < 1.29 is 19.1 Å². The molecule has 1 amide bonds. The summed E-state index contributed by atoms with van der Waals surface area (Å²) in [5.41, 5.74) is -0.753. The lowest BCUT2D eigenvalue weighted by Gasteiger charge is -2.27. The van der Waals surface area contributed by atoms with Gasteiger partial charge in [0.2, 0.25) is 0 Å². The van der Waals surface area contributed by atoms with Gasteiger partial charge in [-0.15, -0.1) is 0 Å². The smallest absolute Gasteiger partial charge is 0.333 e. The first-order valence-electron chi connectivity index (χ1n) is 6.89. The first kappa shape index (κ1) is 16.0. The van der Waals surface area contributed by atoms with Crippen molar-refractivity contribution in [3.8, 4) is 0 Å². The number of esters is 1. The molecule has 2 aromatic rings. The molecule has 0 aliphatic carbocycles. The molecule has 2 aromatic carbocycles. The standard InChI is InChI=1S/C17H19NO4/c1-17(11-21-2,16(20)22-3)18-15(19)14-9-8-12-6-4-5-7-13(12)10-14/h4-10H,11H2,1-3H3,(H,18,19)/t17-/m0/s1. The number of ether oxygens (including phenoxy) is 2. The van der Waals surface area contributed by atoms with E-state index in [1.54, 1.807) is 19.1 Å². The van der Waals surface area contributed by atoms with E-state index in [2.05, 4.69) is 5.32 Å². The molecule has 0 heterocycles. The molecule has 0 radical (unpaired) electrons. The fraction of sp³-hybridized carbons (Fsp3) is 0.294. The van der Waals surface area contributed by atoms with Crippen molar-refractivity contribution in [2.45, 2.75) is 12.5 Å². The zero-order valence-electron chi connectivity index (χ0n) is 12.9. The van der Waals surface area contributed by atoms with Crippen molar-refractivity contribution in [1.29, 1.82) is 0 Å². The summed E-state index contributed by atoms with van der Waals surface area (Å²) in [7, 11) is 2.74. The van der Waals surface area contributed by atoms with Crippen LogP contribution in [0.4, 0.5) is 0 Å². The summed E-state index contributed by atoms with van der Waals surface area (Å²) in [6.07, 6.45) is 0. The van der Waals surface area contributed by atoms with E-state index in [0.717, 1.165) is 10.8 Å². The van der Waals surface area contributed by atoms with Gasteiger partial charge in [-0.25, -0.2) is 4.79 Å². The predicted octanol–water partition coefficient (Wildman–Crippen LogP) is 2.15. The quantitative estimate of drug-likeness (QED) is 0.859. The topological polar surface area (TPSA) is 64.6 Å². The average Bonchev–Trinajstić information content (AvgIpc) is 2.53. The van der Waals surface area contributed by atoms with Gasteiger partial charge in [-0.05, 0) is 29.8 Å².